The van der Waals surface area contributed by atoms with Crippen molar-refractivity contribution in [1.29, 1.82) is 0 Å². The Balaban J connectivity index is 2.08. The highest BCUT2D eigenvalue weighted by atomic mass is 16.2. The Hall–Kier alpha value is -1.39. The molecule has 0 bridgehead atoms. The van der Waals surface area contributed by atoms with E-state index in [1.165, 1.54) is 4.90 Å². The maximum atomic E-state index is 12.2. The molecule has 0 aromatic heterocycles. The van der Waals surface area contributed by atoms with Gasteiger partial charge in [0.05, 0.1) is 6.54 Å². The van der Waals surface area contributed by atoms with Gasteiger partial charge in [-0.2, -0.15) is 0 Å². The molecule has 0 aromatic rings. The molecule has 5 nitrogen and oxygen atoms in total. The van der Waals surface area contributed by atoms with Gasteiger partial charge in [0.25, 0.3) is 0 Å². The van der Waals surface area contributed by atoms with Crippen LogP contribution in [0, 0.1) is 5.41 Å². The van der Waals surface area contributed by atoms with Gasteiger partial charge in [0.15, 0.2) is 5.78 Å². The van der Waals surface area contributed by atoms with E-state index in [4.69, 9.17) is 0 Å². The third-order valence-corrected chi connectivity index (χ3v) is 3.67. The molecule has 18 heavy (non-hydrogen) atoms. The van der Waals surface area contributed by atoms with Crippen LogP contribution in [0.25, 0.3) is 0 Å². The van der Waals surface area contributed by atoms with E-state index < -0.39 is 5.41 Å². The third-order valence-electron chi connectivity index (χ3n) is 3.67. The molecular weight excluding hydrogens is 232 g/mol. The summed E-state index contributed by atoms with van der Waals surface area (Å²) in [4.78, 5) is 39.1. The molecular formula is C13H20N2O3. The quantitative estimate of drug-likeness (QED) is 0.716. The Kier molecular flexibility index (Phi) is 3.17. The lowest BCUT2D eigenvalue weighted by molar-refractivity contribution is -0.155. The molecule has 0 aliphatic carbocycles. The highest BCUT2D eigenvalue weighted by molar-refractivity contribution is 5.98. The van der Waals surface area contributed by atoms with Crippen LogP contribution in [0.5, 0.6) is 0 Å². The molecule has 0 saturated carbocycles. The Morgan fingerprint density at radius 1 is 1.33 bits per heavy atom. The van der Waals surface area contributed by atoms with Crippen LogP contribution in [0.1, 0.15) is 33.6 Å². The second-order valence-corrected chi connectivity index (χ2v) is 6.11. The van der Waals surface area contributed by atoms with Gasteiger partial charge in [0.1, 0.15) is 12.6 Å². The first kappa shape index (κ1) is 13.1. The second kappa shape index (κ2) is 4.37. The number of carbonyl (C=O) groups excluding carboxylic acids is 3. The Morgan fingerprint density at radius 3 is 2.61 bits per heavy atom. The van der Waals surface area contributed by atoms with Crippen LogP contribution in [0.4, 0.5) is 0 Å². The van der Waals surface area contributed by atoms with E-state index in [0.717, 1.165) is 12.8 Å². The minimum atomic E-state index is -0.476. The molecule has 2 fully saturated rings. The van der Waals surface area contributed by atoms with Gasteiger partial charge >= 0.3 is 0 Å². The fraction of sp³-hybridized carbons (Fsp3) is 0.769. The summed E-state index contributed by atoms with van der Waals surface area (Å²) in [5, 5.41) is 0. The van der Waals surface area contributed by atoms with Crippen LogP contribution in [0.3, 0.4) is 0 Å². The molecule has 2 aliphatic rings. The molecule has 100 valence electrons. The standard InChI is InChI=1S/C13H20N2O3/c1-13(2,3)10(16)7-14-8-11(17)15-6-4-5-9(15)12(14)18/h9H,4-8H2,1-3H3. The van der Waals surface area contributed by atoms with E-state index in [9.17, 15) is 14.4 Å². The summed E-state index contributed by atoms with van der Waals surface area (Å²) in [6.45, 7) is 6.26. The SMILES string of the molecule is CC(C)(C)C(=O)CN1CC(=O)N2CCCC2C1=O. The minimum Gasteiger partial charge on any atom is -0.329 e. The summed E-state index contributed by atoms with van der Waals surface area (Å²) in [7, 11) is 0. The topological polar surface area (TPSA) is 57.7 Å². The van der Waals surface area contributed by atoms with Gasteiger partial charge in [-0.05, 0) is 12.8 Å². The van der Waals surface area contributed by atoms with Crippen molar-refractivity contribution in [3.63, 3.8) is 0 Å². The summed E-state index contributed by atoms with van der Waals surface area (Å²) in [6.07, 6.45) is 1.61. The number of hydrogen-bond acceptors (Lipinski definition) is 3. The van der Waals surface area contributed by atoms with Gasteiger partial charge in [-0.25, -0.2) is 0 Å². The summed E-state index contributed by atoms with van der Waals surface area (Å²) in [5.41, 5.74) is -0.476. The maximum Gasteiger partial charge on any atom is 0.246 e. The van der Waals surface area contributed by atoms with Crippen molar-refractivity contribution < 1.29 is 14.4 Å². The molecule has 2 aliphatic heterocycles. The van der Waals surface area contributed by atoms with Gasteiger partial charge in [-0.3, -0.25) is 14.4 Å². The first-order valence-electron chi connectivity index (χ1n) is 6.42. The molecule has 1 unspecified atom stereocenters. The molecule has 2 heterocycles. The number of fused-ring (bicyclic) bond motifs is 1. The van der Waals surface area contributed by atoms with Crippen molar-refractivity contribution in [3.05, 3.63) is 0 Å². The molecule has 2 saturated heterocycles. The van der Waals surface area contributed by atoms with Crippen LogP contribution in [-0.2, 0) is 14.4 Å². The number of hydrogen-bond donors (Lipinski definition) is 0. The zero-order valence-corrected chi connectivity index (χ0v) is 11.2. The van der Waals surface area contributed by atoms with Crippen molar-refractivity contribution in [1.82, 2.24) is 9.80 Å². The van der Waals surface area contributed by atoms with E-state index in [-0.39, 0.29) is 36.7 Å². The summed E-state index contributed by atoms with van der Waals surface area (Å²) in [5.74, 6) is -0.0985. The van der Waals surface area contributed by atoms with Gasteiger partial charge in [-0.15, -0.1) is 0 Å². The van der Waals surface area contributed by atoms with Crippen molar-refractivity contribution >= 4 is 17.6 Å². The molecule has 0 N–H and O–H groups in total. The highest BCUT2D eigenvalue weighted by Crippen LogP contribution is 2.24. The molecule has 1 atom stereocenters. The van der Waals surface area contributed by atoms with Crippen molar-refractivity contribution in [2.24, 2.45) is 5.41 Å². The van der Waals surface area contributed by atoms with Crippen LogP contribution in [0.15, 0.2) is 0 Å². The summed E-state index contributed by atoms with van der Waals surface area (Å²) < 4.78 is 0. The maximum absolute atomic E-state index is 12.2. The molecule has 0 radical (unpaired) electrons. The summed E-state index contributed by atoms with van der Waals surface area (Å²) in [6, 6.07) is -0.320. The lowest BCUT2D eigenvalue weighted by Crippen LogP contribution is -2.58. The fourth-order valence-corrected chi connectivity index (χ4v) is 2.41. The molecule has 0 aromatic carbocycles. The first-order chi connectivity index (χ1) is 8.30. The number of amides is 2. The van der Waals surface area contributed by atoms with E-state index in [1.807, 2.05) is 20.8 Å². The predicted octanol–water partition coefficient (Wildman–Crippen LogP) is 0.435. The lowest BCUT2D eigenvalue weighted by Gasteiger charge is -2.36. The van der Waals surface area contributed by atoms with Crippen LogP contribution in [0.2, 0.25) is 0 Å². The summed E-state index contributed by atoms with van der Waals surface area (Å²) >= 11 is 0. The Labute approximate surface area is 107 Å². The molecule has 5 heteroatoms. The van der Waals surface area contributed by atoms with Crippen LogP contribution >= 0.6 is 0 Å². The van der Waals surface area contributed by atoms with Crippen molar-refractivity contribution in [2.45, 2.75) is 39.7 Å². The first-order valence-corrected chi connectivity index (χ1v) is 6.42. The number of Topliss-reactive ketones (excluding diaryl/α,β-unsaturated/α-hetero) is 1. The molecule has 0 spiro atoms. The molecule has 2 rings (SSSR count). The van der Waals surface area contributed by atoms with E-state index in [2.05, 4.69) is 0 Å². The second-order valence-electron chi connectivity index (χ2n) is 6.11. The fourth-order valence-electron chi connectivity index (χ4n) is 2.41. The number of ketones is 1. The average molecular weight is 252 g/mol. The molecule has 2 amide bonds. The minimum absolute atomic E-state index is 0.00454. The lowest BCUT2D eigenvalue weighted by atomic mass is 9.90. The van der Waals surface area contributed by atoms with Crippen molar-refractivity contribution in [2.75, 3.05) is 19.6 Å². The zero-order valence-electron chi connectivity index (χ0n) is 11.2. The van der Waals surface area contributed by atoms with E-state index in [1.54, 1.807) is 4.90 Å². The predicted molar refractivity (Wildman–Crippen MR) is 65.8 cm³/mol. The third kappa shape index (κ3) is 2.26. The Morgan fingerprint density at radius 2 is 2.00 bits per heavy atom. The zero-order chi connectivity index (χ0) is 13.5. The highest BCUT2D eigenvalue weighted by Gasteiger charge is 2.42. The number of carbonyl (C=O) groups is 3. The number of rotatable bonds is 2. The van der Waals surface area contributed by atoms with E-state index in [0.29, 0.717) is 6.54 Å². The monoisotopic (exact) mass is 252 g/mol. The normalized spacial score (nSPS) is 24.5. The van der Waals surface area contributed by atoms with Crippen LogP contribution < -0.4 is 0 Å². The van der Waals surface area contributed by atoms with Gasteiger partial charge < -0.3 is 9.80 Å². The Bertz CT molecular complexity index is 398. The van der Waals surface area contributed by atoms with Gasteiger partial charge in [0, 0.05) is 12.0 Å². The van der Waals surface area contributed by atoms with Gasteiger partial charge in [-0.1, -0.05) is 20.8 Å². The van der Waals surface area contributed by atoms with Gasteiger partial charge in [0.2, 0.25) is 11.8 Å². The average Bonchev–Trinajstić information content (AvgIpc) is 2.73. The smallest absolute Gasteiger partial charge is 0.246 e. The largest absolute Gasteiger partial charge is 0.329 e. The van der Waals surface area contributed by atoms with E-state index >= 15 is 0 Å². The van der Waals surface area contributed by atoms with Crippen LogP contribution in [-0.4, -0.2) is 53.1 Å². The number of piperazine rings is 1. The van der Waals surface area contributed by atoms with Crippen molar-refractivity contribution in [3.8, 4) is 0 Å². The number of nitrogens with zero attached hydrogens (tertiary/aromatic N) is 2.